The Kier molecular flexibility index (Phi) is 5.84. The highest BCUT2D eigenvalue weighted by Gasteiger charge is 2.10. The quantitative estimate of drug-likeness (QED) is 0.341. The van der Waals surface area contributed by atoms with Crippen LogP contribution in [0.5, 0.6) is 5.75 Å². The maximum absolute atomic E-state index is 11.9. The van der Waals surface area contributed by atoms with E-state index in [-0.39, 0.29) is 30.3 Å². The molecule has 0 fully saturated rings. The molecule has 2 aromatic carbocycles. The molecule has 2 rings (SSSR count). The van der Waals surface area contributed by atoms with Crippen LogP contribution in [0.15, 0.2) is 42.5 Å². The van der Waals surface area contributed by atoms with E-state index in [1.165, 1.54) is 25.1 Å². The number of non-ortho nitro benzene ring substituents is 1. The van der Waals surface area contributed by atoms with Gasteiger partial charge in [-0.3, -0.25) is 19.7 Å². The molecule has 0 saturated heterocycles. The standard InChI is InChI=1S/C18H18N2O5/c1-12(21)17-8-7-16(10-18(17)19)25-11-15(22)6-5-13-3-2-4-14(9-13)20(23)24/h2-4,7-10H,5-6,11,19H2,1H3. The van der Waals surface area contributed by atoms with E-state index >= 15 is 0 Å². The number of hydrogen-bond donors (Lipinski definition) is 1. The van der Waals surface area contributed by atoms with E-state index in [2.05, 4.69) is 0 Å². The van der Waals surface area contributed by atoms with Crippen molar-refractivity contribution < 1.29 is 19.2 Å². The zero-order valence-electron chi connectivity index (χ0n) is 13.7. The van der Waals surface area contributed by atoms with Crippen LogP contribution in [0.4, 0.5) is 11.4 Å². The number of aryl methyl sites for hydroxylation is 1. The van der Waals surface area contributed by atoms with Gasteiger partial charge in [0.05, 0.1) is 4.92 Å². The van der Waals surface area contributed by atoms with E-state index in [1.54, 1.807) is 24.3 Å². The highest BCUT2D eigenvalue weighted by molar-refractivity contribution is 5.99. The van der Waals surface area contributed by atoms with Gasteiger partial charge in [-0.05, 0) is 31.0 Å². The molecule has 0 aromatic heterocycles. The van der Waals surface area contributed by atoms with Crippen molar-refractivity contribution in [1.29, 1.82) is 0 Å². The lowest BCUT2D eigenvalue weighted by Gasteiger charge is -2.08. The first-order chi connectivity index (χ1) is 11.9. The summed E-state index contributed by atoms with van der Waals surface area (Å²) < 4.78 is 5.38. The molecule has 0 aliphatic carbocycles. The Morgan fingerprint density at radius 3 is 2.60 bits per heavy atom. The number of nitro benzene ring substituents is 1. The van der Waals surface area contributed by atoms with E-state index in [0.717, 1.165) is 5.56 Å². The van der Waals surface area contributed by atoms with Crippen molar-refractivity contribution in [2.45, 2.75) is 19.8 Å². The van der Waals surface area contributed by atoms with Crippen molar-refractivity contribution in [3.8, 4) is 5.75 Å². The van der Waals surface area contributed by atoms with Gasteiger partial charge in [-0.25, -0.2) is 0 Å². The van der Waals surface area contributed by atoms with Gasteiger partial charge < -0.3 is 10.5 Å². The van der Waals surface area contributed by atoms with Gasteiger partial charge in [-0.2, -0.15) is 0 Å². The lowest BCUT2D eigenvalue weighted by Crippen LogP contribution is -2.12. The Morgan fingerprint density at radius 1 is 1.20 bits per heavy atom. The fraction of sp³-hybridized carbons (Fsp3) is 0.222. The Hall–Kier alpha value is -3.22. The van der Waals surface area contributed by atoms with Crippen molar-refractivity contribution in [1.82, 2.24) is 0 Å². The number of nitrogens with zero attached hydrogens (tertiary/aromatic N) is 1. The van der Waals surface area contributed by atoms with Crippen LogP contribution in [-0.4, -0.2) is 23.1 Å². The monoisotopic (exact) mass is 342 g/mol. The fourth-order valence-corrected chi connectivity index (χ4v) is 2.30. The summed E-state index contributed by atoms with van der Waals surface area (Å²) in [6.07, 6.45) is 0.609. The number of anilines is 1. The summed E-state index contributed by atoms with van der Waals surface area (Å²) in [4.78, 5) is 33.5. The van der Waals surface area contributed by atoms with E-state index < -0.39 is 4.92 Å². The number of Topliss-reactive ketones (excluding diaryl/α,β-unsaturated/α-hetero) is 2. The zero-order valence-corrected chi connectivity index (χ0v) is 13.7. The largest absolute Gasteiger partial charge is 0.486 e. The van der Waals surface area contributed by atoms with E-state index in [0.29, 0.717) is 23.4 Å². The first-order valence-electron chi connectivity index (χ1n) is 7.65. The van der Waals surface area contributed by atoms with Gasteiger partial charge in [0.25, 0.3) is 5.69 Å². The Morgan fingerprint density at radius 2 is 1.96 bits per heavy atom. The van der Waals surface area contributed by atoms with Gasteiger partial charge in [-0.15, -0.1) is 0 Å². The van der Waals surface area contributed by atoms with Crippen LogP contribution >= 0.6 is 0 Å². The van der Waals surface area contributed by atoms with Gasteiger partial charge in [-0.1, -0.05) is 12.1 Å². The molecule has 0 atom stereocenters. The molecule has 2 N–H and O–H groups in total. The highest BCUT2D eigenvalue weighted by Crippen LogP contribution is 2.20. The molecule has 130 valence electrons. The lowest BCUT2D eigenvalue weighted by atomic mass is 10.1. The minimum Gasteiger partial charge on any atom is -0.486 e. The van der Waals surface area contributed by atoms with Crippen LogP contribution in [-0.2, 0) is 11.2 Å². The third-order valence-corrected chi connectivity index (χ3v) is 3.62. The van der Waals surface area contributed by atoms with Gasteiger partial charge in [0.2, 0.25) is 0 Å². The SMILES string of the molecule is CC(=O)c1ccc(OCC(=O)CCc2cccc([N+](=O)[O-])c2)cc1N. The van der Waals surface area contributed by atoms with Crippen LogP contribution in [0.1, 0.15) is 29.3 Å². The number of nitrogen functional groups attached to an aromatic ring is 1. The number of ketones is 2. The molecule has 0 aliphatic heterocycles. The Labute approximate surface area is 144 Å². The number of nitro groups is 1. The summed E-state index contributed by atoms with van der Waals surface area (Å²) in [7, 11) is 0. The second-order valence-corrected chi connectivity index (χ2v) is 5.56. The van der Waals surface area contributed by atoms with Crippen LogP contribution in [0, 0.1) is 10.1 Å². The second kappa shape index (κ2) is 8.05. The third kappa shape index (κ3) is 5.13. The predicted molar refractivity (Wildman–Crippen MR) is 92.8 cm³/mol. The molecule has 7 heteroatoms. The third-order valence-electron chi connectivity index (χ3n) is 3.62. The van der Waals surface area contributed by atoms with Gasteiger partial charge in [0.15, 0.2) is 11.6 Å². The lowest BCUT2D eigenvalue weighted by molar-refractivity contribution is -0.384. The number of benzene rings is 2. The maximum Gasteiger partial charge on any atom is 0.269 e. The molecular weight excluding hydrogens is 324 g/mol. The minimum atomic E-state index is -0.469. The summed E-state index contributed by atoms with van der Waals surface area (Å²) in [5.74, 6) is 0.129. The van der Waals surface area contributed by atoms with Gasteiger partial charge in [0, 0.05) is 35.9 Å². The molecule has 0 spiro atoms. The molecule has 0 amide bonds. The maximum atomic E-state index is 11.9. The van der Waals surface area contributed by atoms with E-state index in [9.17, 15) is 19.7 Å². The number of ether oxygens (including phenoxy) is 1. The topological polar surface area (TPSA) is 113 Å². The average Bonchev–Trinajstić information content (AvgIpc) is 2.58. The first kappa shape index (κ1) is 18.1. The summed E-state index contributed by atoms with van der Waals surface area (Å²) in [5, 5.41) is 10.7. The predicted octanol–water partition coefficient (Wildman–Crippen LogP) is 2.96. The van der Waals surface area contributed by atoms with E-state index in [1.807, 2.05) is 0 Å². The molecule has 0 bridgehead atoms. The number of nitrogens with two attached hydrogens (primary N) is 1. The van der Waals surface area contributed by atoms with Crippen molar-refractivity contribution in [2.75, 3.05) is 12.3 Å². The molecule has 25 heavy (non-hydrogen) atoms. The fourth-order valence-electron chi connectivity index (χ4n) is 2.30. The second-order valence-electron chi connectivity index (χ2n) is 5.56. The number of hydrogen-bond acceptors (Lipinski definition) is 6. The normalized spacial score (nSPS) is 10.3. The summed E-state index contributed by atoms with van der Waals surface area (Å²) in [6.45, 7) is 1.29. The van der Waals surface area contributed by atoms with Crippen LogP contribution < -0.4 is 10.5 Å². The molecular formula is C18H18N2O5. The first-order valence-corrected chi connectivity index (χ1v) is 7.65. The van der Waals surface area contributed by atoms with Crippen molar-refractivity contribution >= 4 is 22.9 Å². The molecule has 2 aromatic rings. The number of carbonyl (C=O) groups excluding carboxylic acids is 2. The summed E-state index contributed by atoms with van der Waals surface area (Å²) in [6, 6.07) is 10.8. The Bertz CT molecular complexity index is 817. The van der Waals surface area contributed by atoms with Crippen LogP contribution in [0.25, 0.3) is 0 Å². The van der Waals surface area contributed by atoms with Crippen molar-refractivity contribution in [3.05, 3.63) is 63.7 Å². The Balaban J connectivity index is 1.87. The highest BCUT2D eigenvalue weighted by atomic mass is 16.6. The summed E-state index contributed by atoms with van der Waals surface area (Å²) >= 11 is 0. The average molecular weight is 342 g/mol. The van der Waals surface area contributed by atoms with E-state index in [4.69, 9.17) is 10.5 Å². The van der Waals surface area contributed by atoms with Gasteiger partial charge >= 0.3 is 0 Å². The minimum absolute atomic E-state index is 0.00207. The summed E-state index contributed by atoms with van der Waals surface area (Å²) in [5.41, 5.74) is 7.19. The van der Waals surface area contributed by atoms with Gasteiger partial charge in [0.1, 0.15) is 12.4 Å². The smallest absolute Gasteiger partial charge is 0.269 e. The zero-order chi connectivity index (χ0) is 18.4. The van der Waals surface area contributed by atoms with Crippen LogP contribution in [0.3, 0.4) is 0 Å². The molecule has 0 heterocycles. The van der Waals surface area contributed by atoms with Crippen LogP contribution in [0.2, 0.25) is 0 Å². The van der Waals surface area contributed by atoms with Crippen molar-refractivity contribution in [2.24, 2.45) is 0 Å². The number of carbonyl (C=O) groups is 2. The molecule has 7 nitrogen and oxygen atoms in total. The molecule has 0 aliphatic rings. The number of rotatable bonds is 8. The molecule has 0 radical (unpaired) electrons. The molecule has 0 unspecified atom stereocenters. The van der Waals surface area contributed by atoms with Crippen molar-refractivity contribution in [3.63, 3.8) is 0 Å². The molecule has 0 saturated carbocycles.